The van der Waals surface area contributed by atoms with Gasteiger partial charge >= 0.3 is 0 Å². The van der Waals surface area contributed by atoms with Gasteiger partial charge in [-0.05, 0) is 105 Å². The molecular weight excluding hydrogens is 719 g/mol. The van der Waals surface area contributed by atoms with Crippen LogP contribution in [0.25, 0.3) is 47.7 Å². The molecule has 2 fully saturated rings. The van der Waals surface area contributed by atoms with Crippen molar-refractivity contribution in [3.8, 4) is 5.69 Å². The lowest BCUT2D eigenvalue weighted by Crippen LogP contribution is -2.45. The highest BCUT2D eigenvalue weighted by Crippen LogP contribution is 2.44. The van der Waals surface area contributed by atoms with Gasteiger partial charge in [-0.3, -0.25) is 0 Å². The second-order valence-corrected chi connectivity index (χ2v) is 17.4. The number of thiophene rings is 1. The maximum atomic E-state index is 6.23. The summed E-state index contributed by atoms with van der Waals surface area (Å²) in [4.78, 5) is 0. The van der Waals surface area contributed by atoms with Crippen molar-refractivity contribution in [2.24, 2.45) is 10.8 Å². The second kappa shape index (κ2) is 18.5. The number of fused-ring (bicyclic) bond motifs is 7. The highest BCUT2D eigenvalue weighted by molar-refractivity contribution is 7.26. The first-order chi connectivity index (χ1) is 27.6. The van der Waals surface area contributed by atoms with Crippen LogP contribution in [0, 0.1) is 10.8 Å². The van der Waals surface area contributed by atoms with Gasteiger partial charge in [0.15, 0.2) is 0 Å². The third-order valence-corrected chi connectivity index (χ3v) is 13.4. The van der Waals surface area contributed by atoms with Crippen molar-refractivity contribution in [1.82, 2.24) is 4.57 Å². The normalized spacial score (nSPS) is 16.2. The van der Waals surface area contributed by atoms with Gasteiger partial charge in [0, 0.05) is 73.9 Å². The highest BCUT2D eigenvalue weighted by Gasteiger charge is 2.37. The summed E-state index contributed by atoms with van der Waals surface area (Å²) in [6.45, 7) is 13.9. The minimum absolute atomic E-state index is 0.264. The van der Waals surface area contributed by atoms with E-state index in [2.05, 4.69) is 97.3 Å². The minimum Gasteiger partial charge on any atom is -0.381 e. The van der Waals surface area contributed by atoms with E-state index in [9.17, 15) is 0 Å². The Morgan fingerprint density at radius 1 is 0.571 bits per heavy atom. The van der Waals surface area contributed by atoms with Crippen molar-refractivity contribution in [2.75, 3.05) is 66.1 Å². The minimum atomic E-state index is 0.264. The zero-order valence-electron chi connectivity index (χ0n) is 33.5. The Labute approximate surface area is 336 Å². The van der Waals surface area contributed by atoms with Crippen LogP contribution in [0.5, 0.6) is 0 Å². The monoisotopic (exact) mass is 777 g/mol. The van der Waals surface area contributed by atoms with E-state index in [0.29, 0.717) is 13.2 Å². The molecule has 298 valence electrons. The van der Waals surface area contributed by atoms with E-state index in [0.717, 1.165) is 117 Å². The fourth-order valence-electron chi connectivity index (χ4n) is 8.15. The lowest BCUT2D eigenvalue weighted by atomic mass is 9.84. The van der Waals surface area contributed by atoms with E-state index in [4.69, 9.17) is 28.4 Å². The van der Waals surface area contributed by atoms with Crippen LogP contribution in [0.15, 0.2) is 78.9 Å². The fourth-order valence-corrected chi connectivity index (χ4v) is 9.39. The average Bonchev–Trinajstić information content (AvgIpc) is 3.73. The number of para-hydroxylation sites is 1. The highest BCUT2D eigenvalue weighted by atomic mass is 32.1. The van der Waals surface area contributed by atoms with Crippen LogP contribution in [0.2, 0.25) is 0 Å². The SMILES string of the molecule is CCC1(COCCCCCOCc2ccc3sc4c(ccc5c4c4cc(COCCCCCOCC6(CC)COC6)ccc4n5-c4ccccc4)c3c2)COC1. The second-order valence-electron chi connectivity index (χ2n) is 16.3. The maximum Gasteiger partial charge on any atom is 0.0717 e. The third-order valence-electron chi connectivity index (χ3n) is 12.2. The van der Waals surface area contributed by atoms with Crippen molar-refractivity contribution in [3.05, 3.63) is 90.0 Å². The van der Waals surface area contributed by atoms with Crippen LogP contribution >= 0.6 is 11.3 Å². The van der Waals surface area contributed by atoms with Gasteiger partial charge in [0.25, 0.3) is 0 Å². The van der Waals surface area contributed by atoms with Crippen LogP contribution in [0.3, 0.4) is 0 Å². The van der Waals surface area contributed by atoms with Crippen LogP contribution in [-0.4, -0.2) is 70.6 Å². The van der Waals surface area contributed by atoms with Crippen molar-refractivity contribution in [3.63, 3.8) is 0 Å². The Morgan fingerprint density at radius 2 is 1.12 bits per heavy atom. The molecule has 4 aromatic carbocycles. The molecule has 0 bridgehead atoms. The lowest BCUT2D eigenvalue weighted by Gasteiger charge is -2.40. The molecule has 0 atom stereocenters. The van der Waals surface area contributed by atoms with E-state index in [1.54, 1.807) is 0 Å². The van der Waals surface area contributed by atoms with Gasteiger partial charge in [0.2, 0.25) is 0 Å². The van der Waals surface area contributed by atoms with Gasteiger partial charge in [0.05, 0.1) is 63.9 Å². The average molecular weight is 778 g/mol. The number of ether oxygens (including phenoxy) is 6. The Balaban J connectivity index is 0.906. The number of benzene rings is 4. The van der Waals surface area contributed by atoms with Crippen molar-refractivity contribution >= 4 is 53.3 Å². The summed E-state index contributed by atoms with van der Waals surface area (Å²) in [6.07, 6.45) is 8.73. The summed E-state index contributed by atoms with van der Waals surface area (Å²) in [5.41, 5.74) is 6.59. The number of hydrogen-bond donors (Lipinski definition) is 0. The van der Waals surface area contributed by atoms with Gasteiger partial charge < -0.3 is 33.0 Å². The van der Waals surface area contributed by atoms with Gasteiger partial charge in [-0.15, -0.1) is 11.3 Å². The molecule has 8 heteroatoms. The molecular formula is C48H59NO6S. The van der Waals surface area contributed by atoms with Gasteiger partial charge in [-0.25, -0.2) is 0 Å². The molecule has 0 amide bonds. The summed E-state index contributed by atoms with van der Waals surface area (Å²) < 4.78 is 40.3. The molecule has 0 spiro atoms. The molecule has 2 aliphatic heterocycles. The fraction of sp³-hybridized carbons (Fsp3) is 0.500. The summed E-state index contributed by atoms with van der Waals surface area (Å²) >= 11 is 1.90. The van der Waals surface area contributed by atoms with Crippen LogP contribution in [0.4, 0.5) is 0 Å². The molecule has 2 aromatic heterocycles. The molecule has 2 saturated heterocycles. The molecule has 56 heavy (non-hydrogen) atoms. The zero-order chi connectivity index (χ0) is 38.2. The quantitative estimate of drug-likeness (QED) is 0.0604. The van der Waals surface area contributed by atoms with Gasteiger partial charge in [0.1, 0.15) is 0 Å². The Kier molecular flexibility index (Phi) is 13.0. The first kappa shape index (κ1) is 39.5. The topological polar surface area (TPSA) is 60.3 Å². The number of aromatic nitrogens is 1. The molecule has 0 radical (unpaired) electrons. The van der Waals surface area contributed by atoms with Gasteiger partial charge in [-0.2, -0.15) is 0 Å². The third kappa shape index (κ3) is 8.73. The van der Waals surface area contributed by atoms with Crippen molar-refractivity contribution in [1.29, 1.82) is 0 Å². The molecule has 0 unspecified atom stereocenters. The lowest BCUT2D eigenvalue weighted by molar-refractivity contribution is -0.150. The Morgan fingerprint density at radius 3 is 1.70 bits per heavy atom. The molecule has 0 saturated carbocycles. The molecule has 2 aliphatic rings. The van der Waals surface area contributed by atoms with Crippen molar-refractivity contribution in [2.45, 2.75) is 78.4 Å². The van der Waals surface area contributed by atoms with E-state index >= 15 is 0 Å². The van der Waals surface area contributed by atoms with E-state index < -0.39 is 0 Å². The van der Waals surface area contributed by atoms with E-state index in [1.165, 1.54) is 58.8 Å². The van der Waals surface area contributed by atoms with Gasteiger partial charge in [-0.1, -0.05) is 50.2 Å². The predicted octanol–water partition coefficient (Wildman–Crippen LogP) is 11.4. The molecule has 6 aromatic rings. The number of nitrogens with zero attached hydrogens (tertiary/aromatic N) is 1. The summed E-state index contributed by atoms with van der Waals surface area (Å²) in [6, 6.07) is 29.1. The largest absolute Gasteiger partial charge is 0.381 e. The summed E-state index contributed by atoms with van der Waals surface area (Å²) in [5, 5.41) is 5.20. The summed E-state index contributed by atoms with van der Waals surface area (Å²) in [7, 11) is 0. The standard InChI is InChI=1S/C48H59NO6S/c1-3-47(32-54-33-47)30-52-24-12-6-10-22-50-28-36-16-19-42-41(27-36)45-43(49(42)38-14-8-5-9-15-38)20-18-39-40-26-37(17-21-44(40)56-46(39)45)29-51-23-11-7-13-25-53-31-48(4-2)34-55-35-48/h5,8-9,14-21,26-27H,3-4,6-7,10-13,22-25,28-35H2,1-2H3. The first-order valence-electron chi connectivity index (χ1n) is 21.0. The molecule has 7 nitrogen and oxygen atoms in total. The Bertz CT molecular complexity index is 2170. The Hall–Kier alpha value is -3.34. The molecule has 4 heterocycles. The smallest absolute Gasteiger partial charge is 0.0717 e. The number of hydrogen-bond acceptors (Lipinski definition) is 7. The van der Waals surface area contributed by atoms with Crippen LogP contribution in [0.1, 0.15) is 76.3 Å². The zero-order valence-corrected chi connectivity index (χ0v) is 34.3. The molecule has 0 aliphatic carbocycles. The van der Waals surface area contributed by atoms with E-state index in [1.807, 2.05) is 11.3 Å². The van der Waals surface area contributed by atoms with E-state index in [-0.39, 0.29) is 10.8 Å². The van der Waals surface area contributed by atoms with Crippen LogP contribution < -0.4 is 0 Å². The summed E-state index contributed by atoms with van der Waals surface area (Å²) in [5.74, 6) is 0. The molecule has 8 rings (SSSR count). The number of unbranched alkanes of at least 4 members (excludes halogenated alkanes) is 4. The maximum absolute atomic E-state index is 6.23. The molecule has 0 N–H and O–H groups in total. The number of rotatable bonds is 23. The van der Waals surface area contributed by atoms with Crippen LogP contribution in [-0.2, 0) is 41.6 Å². The first-order valence-corrected chi connectivity index (χ1v) is 21.9. The van der Waals surface area contributed by atoms with Crippen molar-refractivity contribution < 1.29 is 28.4 Å². The predicted molar refractivity (Wildman–Crippen MR) is 229 cm³/mol.